The molecule has 0 amide bonds. The van der Waals surface area contributed by atoms with E-state index in [4.69, 9.17) is 4.42 Å². The first-order valence-corrected chi connectivity index (χ1v) is 6.36. The maximum absolute atomic E-state index is 13.9. The highest BCUT2D eigenvalue weighted by Crippen LogP contribution is 2.30. The van der Waals surface area contributed by atoms with Gasteiger partial charge in [-0.3, -0.25) is 0 Å². The van der Waals surface area contributed by atoms with E-state index in [1.165, 1.54) is 6.07 Å². The predicted octanol–water partition coefficient (Wildman–Crippen LogP) is 2.95. The van der Waals surface area contributed by atoms with Crippen LogP contribution in [0.1, 0.15) is 24.4 Å². The Morgan fingerprint density at radius 1 is 1.39 bits per heavy atom. The molecule has 1 heterocycles. The van der Waals surface area contributed by atoms with Gasteiger partial charge in [0.1, 0.15) is 5.82 Å². The second kappa shape index (κ2) is 5.49. The molecule has 0 saturated heterocycles. The summed E-state index contributed by atoms with van der Waals surface area (Å²) in [5.74, 6) is 0.189. The van der Waals surface area contributed by atoms with Gasteiger partial charge in [0.25, 0.3) is 5.22 Å². The van der Waals surface area contributed by atoms with Gasteiger partial charge in [0.05, 0.1) is 4.90 Å². The standard InChI is InChI=1S/C12H14FN3OS/c1-7(14-3)9-4-5-11(10(13)6-9)18-12-16-15-8(2)17-12/h4-7,14H,1-3H3. The van der Waals surface area contributed by atoms with Crippen LogP contribution in [0.4, 0.5) is 4.39 Å². The smallest absolute Gasteiger partial charge is 0.281 e. The highest BCUT2D eigenvalue weighted by atomic mass is 32.2. The van der Waals surface area contributed by atoms with Crippen molar-refractivity contribution in [3.63, 3.8) is 0 Å². The Morgan fingerprint density at radius 2 is 2.17 bits per heavy atom. The van der Waals surface area contributed by atoms with Crippen molar-refractivity contribution >= 4 is 11.8 Å². The van der Waals surface area contributed by atoms with Gasteiger partial charge in [-0.2, -0.15) is 0 Å². The van der Waals surface area contributed by atoms with Crippen LogP contribution in [0.25, 0.3) is 0 Å². The zero-order valence-electron chi connectivity index (χ0n) is 10.4. The monoisotopic (exact) mass is 267 g/mol. The summed E-state index contributed by atoms with van der Waals surface area (Å²) in [5, 5.41) is 10.9. The van der Waals surface area contributed by atoms with E-state index in [9.17, 15) is 4.39 Å². The fourth-order valence-corrected chi connectivity index (χ4v) is 2.17. The van der Waals surface area contributed by atoms with E-state index < -0.39 is 0 Å². The third kappa shape index (κ3) is 2.88. The van der Waals surface area contributed by atoms with Crippen LogP contribution in [0.2, 0.25) is 0 Å². The van der Waals surface area contributed by atoms with Crippen molar-refractivity contribution < 1.29 is 8.81 Å². The zero-order chi connectivity index (χ0) is 13.1. The molecule has 6 heteroatoms. The molecule has 1 aromatic heterocycles. The fourth-order valence-electron chi connectivity index (χ4n) is 1.45. The van der Waals surface area contributed by atoms with E-state index in [2.05, 4.69) is 15.5 Å². The third-order valence-corrected chi connectivity index (χ3v) is 3.48. The largest absolute Gasteiger partial charge is 0.416 e. The molecule has 0 aliphatic rings. The molecule has 0 spiro atoms. The summed E-state index contributed by atoms with van der Waals surface area (Å²) in [6, 6.07) is 5.25. The normalized spacial score (nSPS) is 12.7. The maximum Gasteiger partial charge on any atom is 0.281 e. The molecular formula is C12H14FN3OS. The first kappa shape index (κ1) is 13.0. The topological polar surface area (TPSA) is 51.0 Å². The molecule has 0 fully saturated rings. The third-order valence-electron chi connectivity index (χ3n) is 2.59. The minimum absolute atomic E-state index is 0.115. The van der Waals surface area contributed by atoms with Gasteiger partial charge in [0.2, 0.25) is 5.89 Å². The van der Waals surface area contributed by atoms with Crippen LogP contribution in [0.15, 0.2) is 32.7 Å². The Bertz CT molecular complexity index is 544. The molecule has 18 heavy (non-hydrogen) atoms. The molecule has 0 bridgehead atoms. The lowest BCUT2D eigenvalue weighted by atomic mass is 10.1. The summed E-state index contributed by atoms with van der Waals surface area (Å²) in [6.45, 7) is 3.67. The Morgan fingerprint density at radius 3 is 2.72 bits per heavy atom. The number of aromatic nitrogens is 2. The lowest BCUT2D eigenvalue weighted by molar-refractivity contribution is 0.429. The van der Waals surface area contributed by atoms with Gasteiger partial charge >= 0.3 is 0 Å². The minimum atomic E-state index is -0.282. The van der Waals surface area contributed by atoms with Crippen LogP contribution in [0.5, 0.6) is 0 Å². The number of hydrogen-bond donors (Lipinski definition) is 1. The van der Waals surface area contributed by atoms with Crippen molar-refractivity contribution in [3.8, 4) is 0 Å². The van der Waals surface area contributed by atoms with E-state index in [0.717, 1.165) is 17.3 Å². The molecule has 0 aliphatic carbocycles. The van der Waals surface area contributed by atoms with E-state index >= 15 is 0 Å². The molecule has 2 aromatic rings. The molecule has 1 N–H and O–H groups in total. The number of halogens is 1. The molecule has 4 nitrogen and oxygen atoms in total. The molecule has 1 unspecified atom stereocenters. The quantitative estimate of drug-likeness (QED) is 0.923. The summed E-state index contributed by atoms with van der Waals surface area (Å²) >= 11 is 1.13. The molecule has 96 valence electrons. The number of nitrogens with one attached hydrogen (secondary N) is 1. The lowest BCUT2D eigenvalue weighted by Crippen LogP contribution is -2.12. The number of nitrogens with zero attached hydrogens (tertiary/aromatic N) is 2. The van der Waals surface area contributed by atoms with Crippen molar-refractivity contribution in [1.29, 1.82) is 0 Å². The van der Waals surface area contributed by atoms with E-state index in [-0.39, 0.29) is 11.9 Å². The molecule has 1 aromatic carbocycles. The average molecular weight is 267 g/mol. The first-order chi connectivity index (χ1) is 8.60. The van der Waals surface area contributed by atoms with E-state index in [1.807, 2.05) is 20.0 Å². The summed E-state index contributed by atoms with van der Waals surface area (Å²) in [7, 11) is 1.84. The van der Waals surface area contributed by atoms with Crippen LogP contribution < -0.4 is 5.32 Å². The van der Waals surface area contributed by atoms with Gasteiger partial charge in [-0.25, -0.2) is 4.39 Å². The van der Waals surface area contributed by atoms with Gasteiger partial charge in [0.15, 0.2) is 0 Å². The van der Waals surface area contributed by atoms with Gasteiger partial charge in [0, 0.05) is 13.0 Å². The Hall–Kier alpha value is -1.40. The van der Waals surface area contributed by atoms with Crippen LogP contribution in [-0.2, 0) is 0 Å². The Balaban J connectivity index is 2.19. The van der Waals surface area contributed by atoms with Crippen molar-refractivity contribution in [2.24, 2.45) is 0 Å². The summed E-state index contributed by atoms with van der Waals surface area (Å²) in [6.07, 6.45) is 0. The second-order valence-corrected chi connectivity index (χ2v) is 4.88. The molecule has 0 aliphatic heterocycles. The highest BCUT2D eigenvalue weighted by Gasteiger charge is 2.11. The molecule has 0 saturated carbocycles. The Labute approximate surface area is 109 Å². The molecule has 0 radical (unpaired) electrons. The molecule has 2 rings (SSSR count). The molecule has 1 atom stereocenters. The van der Waals surface area contributed by atoms with Crippen molar-refractivity contribution in [3.05, 3.63) is 35.5 Å². The molecular weight excluding hydrogens is 253 g/mol. The van der Waals surface area contributed by atoms with Crippen LogP contribution >= 0.6 is 11.8 Å². The van der Waals surface area contributed by atoms with Gasteiger partial charge in [-0.1, -0.05) is 6.07 Å². The average Bonchev–Trinajstić information content (AvgIpc) is 2.76. The number of benzene rings is 1. The van der Waals surface area contributed by atoms with Gasteiger partial charge < -0.3 is 9.73 Å². The maximum atomic E-state index is 13.9. The zero-order valence-corrected chi connectivity index (χ0v) is 11.2. The lowest BCUT2D eigenvalue weighted by Gasteiger charge is -2.11. The van der Waals surface area contributed by atoms with Gasteiger partial charge in [-0.05, 0) is 43.4 Å². The second-order valence-electron chi connectivity index (χ2n) is 3.89. The fraction of sp³-hybridized carbons (Fsp3) is 0.333. The van der Waals surface area contributed by atoms with Crippen molar-refractivity contribution in [1.82, 2.24) is 15.5 Å². The van der Waals surface area contributed by atoms with Crippen molar-refractivity contribution in [2.75, 3.05) is 7.05 Å². The van der Waals surface area contributed by atoms with Crippen LogP contribution in [-0.4, -0.2) is 17.2 Å². The predicted molar refractivity (Wildman–Crippen MR) is 67.0 cm³/mol. The Kier molecular flexibility index (Phi) is 3.98. The van der Waals surface area contributed by atoms with Gasteiger partial charge in [-0.15, -0.1) is 10.2 Å². The highest BCUT2D eigenvalue weighted by molar-refractivity contribution is 7.99. The number of hydrogen-bond acceptors (Lipinski definition) is 5. The number of rotatable bonds is 4. The summed E-state index contributed by atoms with van der Waals surface area (Å²) in [4.78, 5) is 0.478. The van der Waals surface area contributed by atoms with E-state index in [0.29, 0.717) is 16.0 Å². The SMILES string of the molecule is CNC(C)c1ccc(Sc2nnc(C)o2)c(F)c1. The first-order valence-electron chi connectivity index (χ1n) is 5.55. The van der Waals surface area contributed by atoms with Crippen molar-refractivity contribution in [2.45, 2.75) is 30.0 Å². The summed E-state index contributed by atoms with van der Waals surface area (Å²) < 4.78 is 19.1. The summed E-state index contributed by atoms with van der Waals surface area (Å²) in [5.41, 5.74) is 0.904. The minimum Gasteiger partial charge on any atom is -0.416 e. The van der Waals surface area contributed by atoms with Crippen LogP contribution in [0.3, 0.4) is 0 Å². The number of aryl methyl sites for hydroxylation is 1. The van der Waals surface area contributed by atoms with Crippen LogP contribution in [0, 0.1) is 12.7 Å². The van der Waals surface area contributed by atoms with E-state index in [1.54, 1.807) is 13.0 Å².